The molecular weight excluding hydrogens is 210 g/mol. The van der Waals surface area contributed by atoms with E-state index in [4.69, 9.17) is 10.8 Å². The van der Waals surface area contributed by atoms with E-state index in [1.807, 2.05) is 0 Å². The monoisotopic (exact) mass is 229 g/mol. The van der Waals surface area contributed by atoms with Gasteiger partial charge in [0, 0.05) is 12.6 Å². The van der Waals surface area contributed by atoms with E-state index in [-0.39, 0.29) is 25.1 Å². The summed E-state index contributed by atoms with van der Waals surface area (Å²) in [5.74, 6) is 0. The average molecular weight is 230 g/mol. The van der Waals surface area contributed by atoms with E-state index in [1.165, 1.54) is 22.3 Å². The van der Waals surface area contributed by atoms with E-state index in [9.17, 15) is 0 Å². The van der Waals surface area contributed by atoms with Gasteiger partial charge in [-0.1, -0.05) is 17.7 Å². The van der Waals surface area contributed by atoms with E-state index in [0.717, 1.165) is 0 Å². The normalized spacial score (nSPS) is 12.1. The molecule has 15 heavy (non-hydrogen) atoms. The molecule has 0 fully saturated rings. The molecule has 0 aliphatic heterocycles. The summed E-state index contributed by atoms with van der Waals surface area (Å²) in [4.78, 5) is 0. The first-order valence-electron chi connectivity index (χ1n) is 5.00. The highest BCUT2D eigenvalue weighted by Crippen LogP contribution is 2.23. The lowest BCUT2D eigenvalue weighted by molar-refractivity contribution is 0.276. The predicted octanol–water partition coefficient (Wildman–Crippen LogP) is 2.42. The third-order valence-corrected chi connectivity index (χ3v) is 2.55. The van der Waals surface area contributed by atoms with Gasteiger partial charge in [0.2, 0.25) is 0 Å². The van der Waals surface area contributed by atoms with Crippen LogP contribution in [0, 0.1) is 20.8 Å². The Morgan fingerprint density at radius 1 is 1.20 bits per heavy atom. The van der Waals surface area contributed by atoms with E-state index < -0.39 is 0 Å². The summed E-state index contributed by atoms with van der Waals surface area (Å²) in [6.45, 7) is 6.38. The van der Waals surface area contributed by atoms with Crippen LogP contribution in [0.3, 0.4) is 0 Å². The molecule has 1 aromatic carbocycles. The minimum absolute atomic E-state index is 0. The standard InChI is InChI=1S/C12H19NO.ClH/c1-8-6-9(2)12(10(3)7-8)11(13)4-5-14;/h6-7,11,14H,4-5,13H2,1-3H3;1H/t11-;/m0./s1. The van der Waals surface area contributed by atoms with Crippen LogP contribution >= 0.6 is 12.4 Å². The molecule has 2 nitrogen and oxygen atoms in total. The van der Waals surface area contributed by atoms with Gasteiger partial charge < -0.3 is 10.8 Å². The Balaban J connectivity index is 0.00000196. The van der Waals surface area contributed by atoms with Crippen molar-refractivity contribution >= 4 is 12.4 Å². The van der Waals surface area contributed by atoms with Gasteiger partial charge in [0.05, 0.1) is 0 Å². The minimum atomic E-state index is -0.0411. The van der Waals surface area contributed by atoms with Crippen LogP contribution in [0.1, 0.15) is 34.7 Å². The van der Waals surface area contributed by atoms with Crippen molar-refractivity contribution in [2.24, 2.45) is 5.73 Å². The molecule has 0 saturated carbocycles. The highest BCUT2D eigenvalue weighted by atomic mass is 35.5. The Bertz CT molecular complexity index is 302. The van der Waals surface area contributed by atoms with Gasteiger partial charge >= 0.3 is 0 Å². The number of benzene rings is 1. The Kier molecular flexibility index (Phi) is 5.88. The summed E-state index contributed by atoms with van der Waals surface area (Å²) in [5.41, 5.74) is 10.9. The van der Waals surface area contributed by atoms with Crippen LogP contribution in [0.4, 0.5) is 0 Å². The molecule has 3 N–H and O–H groups in total. The van der Waals surface area contributed by atoms with Crippen molar-refractivity contribution in [2.75, 3.05) is 6.61 Å². The lowest BCUT2D eigenvalue weighted by Crippen LogP contribution is -2.15. The summed E-state index contributed by atoms with van der Waals surface area (Å²) in [5, 5.41) is 8.85. The zero-order valence-corrected chi connectivity index (χ0v) is 10.4. The summed E-state index contributed by atoms with van der Waals surface area (Å²) in [6, 6.07) is 4.24. The maximum absolute atomic E-state index is 8.85. The Morgan fingerprint density at radius 2 is 1.67 bits per heavy atom. The number of halogens is 1. The fraction of sp³-hybridized carbons (Fsp3) is 0.500. The molecule has 0 unspecified atom stereocenters. The van der Waals surface area contributed by atoms with Crippen molar-refractivity contribution in [2.45, 2.75) is 33.2 Å². The van der Waals surface area contributed by atoms with Crippen LogP contribution in [0.15, 0.2) is 12.1 Å². The molecule has 0 aliphatic rings. The topological polar surface area (TPSA) is 46.2 Å². The first-order valence-corrected chi connectivity index (χ1v) is 5.00. The van der Waals surface area contributed by atoms with Crippen molar-refractivity contribution in [3.8, 4) is 0 Å². The quantitative estimate of drug-likeness (QED) is 0.836. The summed E-state index contributed by atoms with van der Waals surface area (Å²) < 4.78 is 0. The molecule has 1 aromatic rings. The molecule has 0 spiro atoms. The van der Waals surface area contributed by atoms with Gasteiger partial charge in [0.1, 0.15) is 0 Å². The molecule has 0 amide bonds. The molecule has 1 rings (SSSR count). The number of rotatable bonds is 3. The number of aliphatic hydroxyl groups is 1. The maximum atomic E-state index is 8.85. The Morgan fingerprint density at radius 3 is 2.07 bits per heavy atom. The van der Waals surface area contributed by atoms with E-state index in [0.29, 0.717) is 6.42 Å². The van der Waals surface area contributed by atoms with Gasteiger partial charge in [-0.2, -0.15) is 0 Å². The molecule has 0 bridgehead atoms. The van der Waals surface area contributed by atoms with Crippen LogP contribution in [0.25, 0.3) is 0 Å². The van der Waals surface area contributed by atoms with E-state index in [1.54, 1.807) is 0 Å². The number of aryl methyl sites for hydroxylation is 3. The first kappa shape index (κ1) is 14.4. The number of hydrogen-bond acceptors (Lipinski definition) is 2. The van der Waals surface area contributed by atoms with Gasteiger partial charge in [-0.05, 0) is 43.9 Å². The van der Waals surface area contributed by atoms with Gasteiger partial charge in [-0.15, -0.1) is 12.4 Å². The summed E-state index contributed by atoms with van der Waals surface area (Å²) in [7, 11) is 0. The number of aliphatic hydroxyl groups excluding tert-OH is 1. The third-order valence-electron chi connectivity index (χ3n) is 2.55. The maximum Gasteiger partial charge on any atom is 0.0449 e. The van der Waals surface area contributed by atoms with Crippen molar-refractivity contribution in [3.05, 3.63) is 34.4 Å². The van der Waals surface area contributed by atoms with Crippen molar-refractivity contribution in [1.29, 1.82) is 0 Å². The van der Waals surface area contributed by atoms with Crippen molar-refractivity contribution < 1.29 is 5.11 Å². The smallest absolute Gasteiger partial charge is 0.0449 e. The molecule has 0 aliphatic carbocycles. The Hall–Kier alpha value is -0.570. The van der Waals surface area contributed by atoms with Crippen LogP contribution in [-0.2, 0) is 0 Å². The highest BCUT2D eigenvalue weighted by Gasteiger charge is 2.11. The van der Waals surface area contributed by atoms with Crippen LogP contribution in [0.2, 0.25) is 0 Å². The minimum Gasteiger partial charge on any atom is -0.396 e. The van der Waals surface area contributed by atoms with Crippen molar-refractivity contribution in [1.82, 2.24) is 0 Å². The molecule has 86 valence electrons. The number of nitrogens with two attached hydrogens (primary N) is 1. The lowest BCUT2D eigenvalue weighted by atomic mass is 9.93. The molecule has 0 radical (unpaired) electrons. The first-order chi connectivity index (χ1) is 6.56. The second-order valence-electron chi connectivity index (χ2n) is 3.93. The largest absolute Gasteiger partial charge is 0.396 e. The predicted molar refractivity (Wildman–Crippen MR) is 66.5 cm³/mol. The fourth-order valence-electron chi connectivity index (χ4n) is 2.06. The van der Waals surface area contributed by atoms with E-state index >= 15 is 0 Å². The van der Waals surface area contributed by atoms with Gasteiger partial charge in [0.25, 0.3) is 0 Å². The summed E-state index contributed by atoms with van der Waals surface area (Å²) in [6.07, 6.45) is 0.630. The lowest BCUT2D eigenvalue weighted by Gasteiger charge is -2.17. The average Bonchev–Trinajstić information content (AvgIpc) is 2.01. The molecule has 0 saturated heterocycles. The van der Waals surface area contributed by atoms with E-state index in [2.05, 4.69) is 32.9 Å². The molecule has 1 atom stereocenters. The van der Waals surface area contributed by atoms with Crippen molar-refractivity contribution in [3.63, 3.8) is 0 Å². The second-order valence-corrected chi connectivity index (χ2v) is 3.93. The van der Waals surface area contributed by atoms with Crippen LogP contribution < -0.4 is 5.73 Å². The van der Waals surface area contributed by atoms with Crippen LogP contribution in [-0.4, -0.2) is 11.7 Å². The second kappa shape index (κ2) is 6.11. The van der Waals surface area contributed by atoms with Gasteiger partial charge in [-0.3, -0.25) is 0 Å². The van der Waals surface area contributed by atoms with Crippen LogP contribution in [0.5, 0.6) is 0 Å². The molecule has 0 aromatic heterocycles. The third kappa shape index (κ3) is 3.49. The highest BCUT2D eigenvalue weighted by molar-refractivity contribution is 5.85. The van der Waals surface area contributed by atoms with Gasteiger partial charge in [-0.25, -0.2) is 0 Å². The molecule has 3 heteroatoms. The number of hydrogen-bond donors (Lipinski definition) is 2. The molecular formula is C12H20ClNO. The molecule has 0 heterocycles. The summed E-state index contributed by atoms with van der Waals surface area (Å²) >= 11 is 0. The zero-order chi connectivity index (χ0) is 10.7. The zero-order valence-electron chi connectivity index (χ0n) is 9.58. The fourth-order valence-corrected chi connectivity index (χ4v) is 2.06. The SMILES string of the molecule is Cc1cc(C)c([C@@H](N)CCO)c(C)c1.Cl. The Labute approximate surface area is 97.9 Å². The van der Waals surface area contributed by atoms with Gasteiger partial charge in [0.15, 0.2) is 0 Å².